The Kier molecular flexibility index (Phi) is 2.86. The molecule has 15 heavy (non-hydrogen) atoms. The Morgan fingerprint density at radius 3 is 3.07 bits per heavy atom. The molecule has 0 fully saturated rings. The van der Waals surface area contributed by atoms with Crippen LogP contribution in [0.25, 0.3) is 11.2 Å². The van der Waals surface area contributed by atoms with Gasteiger partial charge in [0.05, 0.1) is 5.52 Å². The van der Waals surface area contributed by atoms with Crippen LogP contribution in [0.15, 0.2) is 12.3 Å². The summed E-state index contributed by atoms with van der Waals surface area (Å²) in [5, 5.41) is 0. The average Bonchev–Trinajstić information content (AvgIpc) is 2.50. The maximum absolute atomic E-state index is 5.28. The first kappa shape index (κ1) is 10.4. The normalized spacial score (nSPS) is 11.1. The molecule has 0 aliphatic carbocycles. The van der Waals surface area contributed by atoms with E-state index < -0.39 is 0 Å². The number of rotatable bonds is 3. The largest absolute Gasteiger partial charge is 0.329 e. The minimum Gasteiger partial charge on any atom is -0.329 e. The van der Waals surface area contributed by atoms with Crippen molar-refractivity contribution in [3.63, 3.8) is 0 Å². The third kappa shape index (κ3) is 1.95. The van der Waals surface area contributed by atoms with Crippen LogP contribution in [-0.2, 0) is 6.54 Å². The number of hydrogen-bond acceptors (Lipinski definition) is 2. The van der Waals surface area contributed by atoms with E-state index in [0.29, 0.717) is 0 Å². The molecule has 0 bridgehead atoms. The number of unbranched alkanes of at least 4 members (excludes halogenated alkanes) is 1. The molecule has 0 saturated carbocycles. The quantitative estimate of drug-likeness (QED) is 0.807. The van der Waals surface area contributed by atoms with Crippen molar-refractivity contribution in [3.8, 4) is 0 Å². The number of aryl methyl sites for hydroxylation is 2. The maximum Gasteiger partial charge on any atom is 0.179 e. The number of nitrogens with one attached hydrogen (secondary N) is 1. The molecular weight excluding hydrogens is 206 g/mol. The molecule has 3 nitrogen and oxygen atoms in total. The topological polar surface area (TPSA) is 33.6 Å². The Labute approximate surface area is 94.2 Å². The van der Waals surface area contributed by atoms with E-state index in [1.807, 2.05) is 13.1 Å². The SMILES string of the molecule is CCCCn1c(=S)[nH]c2cc(C)cnc21. The van der Waals surface area contributed by atoms with Gasteiger partial charge in [-0.15, -0.1) is 0 Å². The lowest BCUT2D eigenvalue weighted by molar-refractivity contribution is 0.635. The fourth-order valence-electron chi connectivity index (χ4n) is 1.67. The molecular formula is C11H15N3S. The summed E-state index contributed by atoms with van der Waals surface area (Å²) in [6, 6.07) is 2.08. The lowest BCUT2D eigenvalue weighted by atomic mass is 10.3. The van der Waals surface area contributed by atoms with Gasteiger partial charge >= 0.3 is 0 Å². The molecule has 0 unspecified atom stereocenters. The van der Waals surface area contributed by atoms with Crippen molar-refractivity contribution in [2.45, 2.75) is 33.2 Å². The molecule has 0 amide bonds. The van der Waals surface area contributed by atoms with Crippen molar-refractivity contribution in [1.29, 1.82) is 0 Å². The maximum atomic E-state index is 5.28. The molecule has 2 aromatic heterocycles. The van der Waals surface area contributed by atoms with E-state index >= 15 is 0 Å². The summed E-state index contributed by atoms with van der Waals surface area (Å²) in [6.45, 7) is 5.16. The summed E-state index contributed by atoms with van der Waals surface area (Å²) < 4.78 is 2.85. The molecule has 0 atom stereocenters. The Hall–Kier alpha value is -1.16. The minimum absolute atomic E-state index is 0.775. The third-order valence-electron chi connectivity index (χ3n) is 2.48. The van der Waals surface area contributed by atoms with E-state index in [1.165, 1.54) is 6.42 Å². The van der Waals surface area contributed by atoms with E-state index in [1.54, 1.807) is 0 Å². The Morgan fingerprint density at radius 1 is 1.53 bits per heavy atom. The molecule has 2 rings (SSSR count). The second-order valence-corrected chi connectivity index (χ2v) is 4.21. The first-order chi connectivity index (χ1) is 7.22. The summed E-state index contributed by atoms with van der Waals surface area (Å²) in [7, 11) is 0. The molecule has 0 saturated heterocycles. The highest BCUT2D eigenvalue weighted by atomic mass is 32.1. The van der Waals surface area contributed by atoms with Crippen molar-refractivity contribution in [1.82, 2.24) is 14.5 Å². The van der Waals surface area contributed by atoms with Gasteiger partial charge in [0.25, 0.3) is 0 Å². The highest BCUT2D eigenvalue weighted by Gasteiger charge is 2.04. The Morgan fingerprint density at radius 2 is 2.33 bits per heavy atom. The van der Waals surface area contributed by atoms with Crippen molar-refractivity contribution in [3.05, 3.63) is 22.6 Å². The summed E-state index contributed by atoms with van der Waals surface area (Å²) in [5.74, 6) is 0. The molecule has 0 spiro atoms. The van der Waals surface area contributed by atoms with Crippen molar-refractivity contribution >= 4 is 23.4 Å². The van der Waals surface area contributed by atoms with Crippen LogP contribution < -0.4 is 0 Å². The summed E-state index contributed by atoms with van der Waals surface area (Å²) in [5.41, 5.74) is 3.16. The van der Waals surface area contributed by atoms with Gasteiger partial charge in [-0.2, -0.15) is 0 Å². The number of aromatic amines is 1. The summed E-state index contributed by atoms with van der Waals surface area (Å²) in [4.78, 5) is 7.61. The van der Waals surface area contributed by atoms with Crippen LogP contribution in [0.3, 0.4) is 0 Å². The van der Waals surface area contributed by atoms with Gasteiger partial charge in [-0.3, -0.25) is 0 Å². The number of H-pyrrole nitrogens is 1. The molecule has 0 radical (unpaired) electrons. The predicted molar refractivity (Wildman–Crippen MR) is 64.6 cm³/mol. The Bertz CT molecular complexity index is 524. The molecule has 2 aromatic rings. The number of hydrogen-bond donors (Lipinski definition) is 1. The number of imidazole rings is 1. The van der Waals surface area contributed by atoms with Crippen LogP contribution in [0.5, 0.6) is 0 Å². The fourth-order valence-corrected chi connectivity index (χ4v) is 1.96. The third-order valence-corrected chi connectivity index (χ3v) is 2.80. The van der Waals surface area contributed by atoms with E-state index in [2.05, 4.69) is 27.5 Å². The van der Waals surface area contributed by atoms with Crippen molar-refractivity contribution in [2.75, 3.05) is 0 Å². The molecule has 0 aliphatic heterocycles. The first-order valence-electron chi connectivity index (χ1n) is 5.27. The highest BCUT2D eigenvalue weighted by molar-refractivity contribution is 7.71. The van der Waals surface area contributed by atoms with Crippen molar-refractivity contribution < 1.29 is 0 Å². The van der Waals surface area contributed by atoms with Gasteiger partial charge in [0.2, 0.25) is 0 Å². The van der Waals surface area contributed by atoms with Crippen LogP contribution in [0.4, 0.5) is 0 Å². The second-order valence-electron chi connectivity index (χ2n) is 3.82. The second kappa shape index (κ2) is 4.14. The predicted octanol–water partition coefficient (Wildman–Crippen LogP) is 3.20. The van der Waals surface area contributed by atoms with Gasteiger partial charge in [-0.1, -0.05) is 13.3 Å². The number of nitrogens with zero attached hydrogens (tertiary/aromatic N) is 2. The molecule has 80 valence electrons. The van der Waals surface area contributed by atoms with Gasteiger partial charge < -0.3 is 9.55 Å². The lowest BCUT2D eigenvalue weighted by Gasteiger charge is -2.01. The smallest absolute Gasteiger partial charge is 0.179 e. The summed E-state index contributed by atoms with van der Waals surface area (Å²) in [6.07, 6.45) is 4.19. The van der Waals surface area contributed by atoms with Gasteiger partial charge in [-0.05, 0) is 37.2 Å². The van der Waals surface area contributed by atoms with Gasteiger partial charge in [0, 0.05) is 12.7 Å². The molecule has 4 heteroatoms. The average molecular weight is 221 g/mol. The monoisotopic (exact) mass is 221 g/mol. The van der Waals surface area contributed by atoms with Crippen LogP contribution in [0, 0.1) is 11.7 Å². The fraction of sp³-hybridized carbons (Fsp3) is 0.455. The molecule has 0 aliphatic rings. The minimum atomic E-state index is 0.775. The van der Waals surface area contributed by atoms with E-state index in [4.69, 9.17) is 12.2 Å². The van der Waals surface area contributed by atoms with E-state index in [-0.39, 0.29) is 0 Å². The Balaban J connectivity index is 2.53. The standard InChI is InChI=1S/C11H15N3S/c1-3-4-5-14-10-9(13-11(14)15)6-8(2)7-12-10/h6-7H,3-5H2,1-2H3,(H,13,15). The number of fused-ring (bicyclic) bond motifs is 1. The van der Waals surface area contributed by atoms with Gasteiger partial charge in [0.15, 0.2) is 10.4 Å². The molecule has 1 N–H and O–H groups in total. The van der Waals surface area contributed by atoms with Gasteiger partial charge in [0.1, 0.15) is 0 Å². The summed E-state index contributed by atoms with van der Waals surface area (Å²) >= 11 is 5.28. The van der Waals surface area contributed by atoms with Crippen LogP contribution in [0.1, 0.15) is 25.3 Å². The molecule has 2 heterocycles. The van der Waals surface area contributed by atoms with Crippen molar-refractivity contribution in [2.24, 2.45) is 0 Å². The lowest BCUT2D eigenvalue weighted by Crippen LogP contribution is -1.98. The van der Waals surface area contributed by atoms with Crippen LogP contribution in [-0.4, -0.2) is 14.5 Å². The van der Waals surface area contributed by atoms with E-state index in [0.717, 1.165) is 34.5 Å². The molecule has 0 aromatic carbocycles. The zero-order valence-electron chi connectivity index (χ0n) is 9.08. The number of pyridine rings is 1. The zero-order valence-corrected chi connectivity index (χ0v) is 9.90. The van der Waals surface area contributed by atoms with Crippen LogP contribution >= 0.6 is 12.2 Å². The number of aromatic nitrogens is 3. The zero-order chi connectivity index (χ0) is 10.8. The first-order valence-corrected chi connectivity index (χ1v) is 5.68. The van der Waals surface area contributed by atoms with Gasteiger partial charge in [-0.25, -0.2) is 4.98 Å². The van der Waals surface area contributed by atoms with E-state index in [9.17, 15) is 0 Å². The highest BCUT2D eigenvalue weighted by Crippen LogP contribution is 2.13. The van der Waals surface area contributed by atoms with Crippen LogP contribution in [0.2, 0.25) is 0 Å².